The van der Waals surface area contributed by atoms with Crippen molar-refractivity contribution in [2.24, 2.45) is 0 Å². The summed E-state index contributed by atoms with van der Waals surface area (Å²) >= 11 is 0. The Balaban J connectivity index is 0. The Labute approximate surface area is 258 Å². The van der Waals surface area contributed by atoms with E-state index in [9.17, 15) is 118 Å². The molecule has 0 atom stereocenters. The van der Waals surface area contributed by atoms with Crippen LogP contribution in [0.5, 0.6) is 0 Å². The first-order valence-corrected chi connectivity index (χ1v) is 13.6. The number of rotatable bonds is 16. The smallest absolute Gasteiger partial charge is 0.402 e. The van der Waals surface area contributed by atoms with Gasteiger partial charge in [0.2, 0.25) is 0 Å². The first-order valence-electron chi connectivity index (χ1n) is 12.2. The normalized spacial score (nSPS) is 16.1. The fraction of sp³-hybridized carbons (Fsp3) is 1.00. The average molecular weight is 811 g/mol. The Hall–Kier alpha value is -1.81. The molecular weight excluding hydrogens is 790 g/mol. The van der Waals surface area contributed by atoms with Gasteiger partial charge in [-0.25, -0.2) is 17.2 Å². The predicted octanol–water partition coefficient (Wildman–Crippen LogP) is 8.63. The Bertz CT molecular complexity index is 1210. The van der Waals surface area contributed by atoms with Gasteiger partial charge in [0.25, 0.3) is 0 Å². The van der Waals surface area contributed by atoms with Crippen molar-refractivity contribution < 1.29 is 123 Å². The van der Waals surface area contributed by atoms with Crippen LogP contribution in [0.15, 0.2) is 0 Å². The lowest BCUT2D eigenvalue weighted by molar-refractivity contribution is -0.921. The topological polar surface area (TPSA) is 57.2 Å². The van der Waals surface area contributed by atoms with Gasteiger partial charge >= 0.3 is 70.9 Å². The zero-order chi connectivity index (χ0) is 40.9. The SMILES string of the molecule is CC[N+](CC)(CC)CC.O=S(=O)([O-])C(F)(F)C(F)(F)C(F)(F)C(F)(F)C(F)(F)C(F)(F)C(F)(F)C(F)(F)C(F)(F)C(F)(F)C(F)(F)C(F)F. The molecule has 0 aromatic rings. The predicted molar refractivity (Wildman–Crippen MR) is 113 cm³/mol. The van der Waals surface area contributed by atoms with Gasteiger partial charge in [-0.1, -0.05) is 0 Å². The van der Waals surface area contributed by atoms with E-state index in [1.807, 2.05) is 0 Å². The Morgan fingerprint density at radius 1 is 0.429 bits per heavy atom. The minimum absolute atomic E-state index is 1.28. The maximum absolute atomic E-state index is 13.5. The second-order valence-corrected chi connectivity index (χ2v) is 11.1. The van der Waals surface area contributed by atoms with Gasteiger partial charge in [0.15, 0.2) is 10.1 Å². The zero-order valence-electron chi connectivity index (χ0n) is 24.1. The van der Waals surface area contributed by atoms with Gasteiger partial charge in [0.1, 0.15) is 0 Å². The monoisotopic (exact) mass is 811 g/mol. The molecule has 0 amide bonds. The third-order valence-electron chi connectivity index (χ3n) is 7.21. The van der Waals surface area contributed by atoms with E-state index in [1.54, 1.807) is 0 Å². The molecular formula is C20H21F24NO3S. The highest BCUT2D eigenvalue weighted by atomic mass is 32.2. The lowest BCUT2D eigenvalue weighted by Crippen LogP contribution is -2.78. The highest BCUT2D eigenvalue weighted by Crippen LogP contribution is 2.67. The Morgan fingerprint density at radius 2 is 0.612 bits per heavy atom. The van der Waals surface area contributed by atoms with Crippen LogP contribution in [0.4, 0.5) is 105 Å². The van der Waals surface area contributed by atoms with Gasteiger partial charge in [0, 0.05) is 0 Å². The third-order valence-corrected chi connectivity index (χ3v) is 8.09. The standard InChI is InChI=1S/C12H2F24O3S.C8H20N/c13-1(14)2(15,16)3(17,18)4(19,20)5(21,22)6(23,24)7(25,26)8(27,28)9(29,30)10(31,32)11(33,34)12(35,36)40(37,38)39;1-5-9(6-2,7-3)8-4/h1H,(H,37,38,39);5-8H2,1-4H3/q;+1/p-1. The van der Waals surface area contributed by atoms with E-state index in [4.69, 9.17) is 0 Å². The molecule has 0 radical (unpaired) electrons. The summed E-state index contributed by atoms with van der Waals surface area (Å²) in [5.74, 6) is -92.1. The number of halogens is 24. The minimum atomic E-state index is -9.67. The number of hydrogen-bond acceptors (Lipinski definition) is 3. The molecule has 0 aliphatic heterocycles. The van der Waals surface area contributed by atoms with Gasteiger partial charge in [-0.3, -0.25) is 0 Å². The highest BCUT2D eigenvalue weighted by Gasteiger charge is 2.99. The zero-order valence-corrected chi connectivity index (χ0v) is 24.9. The van der Waals surface area contributed by atoms with E-state index in [0.29, 0.717) is 0 Å². The molecule has 0 aromatic heterocycles. The first-order chi connectivity index (χ1) is 20.9. The van der Waals surface area contributed by atoms with Crippen LogP contribution in [-0.2, 0) is 10.1 Å². The van der Waals surface area contributed by atoms with Crippen LogP contribution in [0.2, 0.25) is 0 Å². The third kappa shape index (κ3) is 6.80. The second kappa shape index (κ2) is 13.6. The summed E-state index contributed by atoms with van der Waals surface area (Å²) in [7, 11) is -8.45. The largest absolute Gasteiger partial charge is 0.743 e. The molecule has 0 unspecified atom stereocenters. The van der Waals surface area contributed by atoms with Crippen molar-refractivity contribution in [3.63, 3.8) is 0 Å². The van der Waals surface area contributed by atoms with E-state index in [-0.39, 0.29) is 0 Å². The van der Waals surface area contributed by atoms with Crippen molar-refractivity contribution in [2.45, 2.75) is 98.6 Å². The highest BCUT2D eigenvalue weighted by molar-refractivity contribution is 7.86. The second-order valence-electron chi connectivity index (χ2n) is 9.67. The van der Waals surface area contributed by atoms with Crippen molar-refractivity contribution >= 4 is 10.1 Å². The molecule has 0 aliphatic rings. The molecule has 0 spiro atoms. The van der Waals surface area contributed by atoms with Gasteiger partial charge in [-0.2, -0.15) is 96.6 Å². The summed E-state index contributed by atoms with van der Waals surface area (Å²) in [4.78, 5) is 0. The van der Waals surface area contributed by atoms with Crippen LogP contribution in [0, 0.1) is 0 Å². The van der Waals surface area contributed by atoms with Crippen LogP contribution >= 0.6 is 0 Å². The number of quaternary nitrogens is 1. The molecule has 0 heterocycles. The van der Waals surface area contributed by atoms with Crippen LogP contribution in [-0.4, -0.2) is 115 Å². The van der Waals surface area contributed by atoms with Crippen LogP contribution in [0.1, 0.15) is 27.7 Å². The molecule has 0 fully saturated rings. The van der Waals surface area contributed by atoms with Crippen LogP contribution < -0.4 is 0 Å². The average Bonchev–Trinajstić information content (AvgIpc) is 2.93. The molecule has 298 valence electrons. The molecule has 0 saturated carbocycles. The fourth-order valence-corrected chi connectivity index (χ4v) is 3.85. The van der Waals surface area contributed by atoms with Gasteiger partial charge in [-0.15, -0.1) is 0 Å². The molecule has 4 nitrogen and oxygen atoms in total. The van der Waals surface area contributed by atoms with Crippen molar-refractivity contribution in [2.75, 3.05) is 26.2 Å². The molecule has 0 saturated heterocycles. The maximum atomic E-state index is 13.5. The van der Waals surface area contributed by atoms with Gasteiger partial charge in [-0.05, 0) is 27.7 Å². The maximum Gasteiger partial charge on any atom is 0.402 e. The van der Waals surface area contributed by atoms with Crippen molar-refractivity contribution in [1.82, 2.24) is 0 Å². The first kappa shape index (κ1) is 49.3. The van der Waals surface area contributed by atoms with Crippen molar-refractivity contribution in [1.29, 1.82) is 0 Å². The molecule has 0 rings (SSSR count). The van der Waals surface area contributed by atoms with E-state index >= 15 is 0 Å². The minimum Gasteiger partial charge on any atom is -0.743 e. The van der Waals surface area contributed by atoms with E-state index in [2.05, 4.69) is 27.7 Å². The van der Waals surface area contributed by atoms with E-state index < -0.39 is 81.0 Å². The van der Waals surface area contributed by atoms with Crippen molar-refractivity contribution in [3.05, 3.63) is 0 Å². The number of hydrogen-bond donors (Lipinski definition) is 0. The summed E-state index contributed by atoms with van der Waals surface area (Å²) in [6, 6.07) is 0. The molecule has 0 aromatic carbocycles. The van der Waals surface area contributed by atoms with Crippen LogP contribution in [0.3, 0.4) is 0 Å². The van der Waals surface area contributed by atoms with E-state index in [1.165, 1.54) is 30.7 Å². The molecule has 49 heavy (non-hydrogen) atoms. The molecule has 0 aliphatic carbocycles. The summed E-state index contributed by atoms with van der Waals surface area (Å²) in [5.41, 5.74) is 0. The lowest BCUT2D eigenvalue weighted by Gasteiger charge is -2.45. The summed E-state index contributed by atoms with van der Waals surface area (Å²) in [6.45, 7) is 14.2. The Kier molecular flexibility index (Phi) is 13.7. The summed E-state index contributed by atoms with van der Waals surface area (Å²) < 4.78 is 345. The van der Waals surface area contributed by atoms with E-state index in [0.717, 1.165) is 0 Å². The molecule has 0 N–H and O–H groups in total. The summed E-state index contributed by atoms with van der Waals surface area (Å²) in [5, 5.41) is -8.29. The van der Waals surface area contributed by atoms with Crippen molar-refractivity contribution in [3.8, 4) is 0 Å². The quantitative estimate of drug-likeness (QED) is 0.0892. The van der Waals surface area contributed by atoms with Gasteiger partial charge < -0.3 is 9.04 Å². The number of nitrogens with zero attached hydrogens (tertiary/aromatic N) is 1. The Morgan fingerprint density at radius 3 is 0.755 bits per heavy atom. The fourth-order valence-electron chi connectivity index (χ4n) is 3.41. The molecule has 0 bridgehead atoms. The number of alkyl halides is 24. The van der Waals surface area contributed by atoms with Gasteiger partial charge in [0.05, 0.1) is 26.2 Å². The van der Waals surface area contributed by atoms with Crippen LogP contribution in [0.25, 0.3) is 0 Å². The lowest BCUT2D eigenvalue weighted by atomic mass is 9.85. The summed E-state index contributed by atoms with van der Waals surface area (Å²) in [6.07, 6.45) is -6.32. The molecule has 29 heteroatoms.